The third-order valence-electron chi connectivity index (χ3n) is 3.78. The summed E-state index contributed by atoms with van der Waals surface area (Å²) in [5.41, 5.74) is 5.35. The zero-order valence-corrected chi connectivity index (χ0v) is 10.4. The number of benzene rings is 1. The summed E-state index contributed by atoms with van der Waals surface area (Å²) in [6, 6.07) is 4.39. The molecule has 1 saturated carbocycles. The molecule has 1 atom stereocenters. The molecule has 0 aliphatic heterocycles. The van der Waals surface area contributed by atoms with Gasteiger partial charge in [0.2, 0.25) is 0 Å². The van der Waals surface area contributed by atoms with Crippen molar-refractivity contribution < 1.29 is 0 Å². The van der Waals surface area contributed by atoms with E-state index in [9.17, 15) is 0 Å². The van der Waals surface area contributed by atoms with Gasteiger partial charge in [0.15, 0.2) is 0 Å². The molecular weight excluding hydrogens is 196 g/mol. The summed E-state index contributed by atoms with van der Waals surface area (Å²) in [5.74, 6) is 1.80. The lowest BCUT2D eigenvalue weighted by atomic mass is 10.1. The van der Waals surface area contributed by atoms with Gasteiger partial charge in [0.05, 0.1) is 11.0 Å². The molecule has 1 aliphatic carbocycles. The van der Waals surface area contributed by atoms with Crippen LogP contribution < -0.4 is 0 Å². The van der Waals surface area contributed by atoms with Crippen molar-refractivity contribution in [2.45, 2.75) is 40.0 Å². The Morgan fingerprint density at radius 2 is 2.00 bits per heavy atom. The Bertz CT molecular complexity index is 563. The van der Waals surface area contributed by atoms with E-state index in [1.165, 1.54) is 28.9 Å². The number of hydrogen-bond donors (Lipinski definition) is 1. The van der Waals surface area contributed by atoms with Crippen molar-refractivity contribution in [3.05, 3.63) is 29.1 Å². The van der Waals surface area contributed by atoms with Crippen LogP contribution in [0.5, 0.6) is 0 Å². The standard InChI is InChI=1S/C14H18N2/c1-8-5-9(2)12-11(6-8)15-13(16-12)10-7-14(10,3)4/h5-6,10H,7H2,1-4H3,(H,15,16). The molecule has 2 heteroatoms. The van der Waals surface area contributed by atoms with E-state index >= 15 is 0 Å². The second-order valence-corrected chi connectivity index (χ2v) is 5.85. The summed E-state index contributed by atoms with van der Waals surface area (Å²) in [5, 5.41) is 0. The van der Waals surface area contributed by atoms with E-state index in [1.54, 1.807) is 0 Å². The molecule has 1 aliphatic rings. The highest BCUT2D eigenvalue weighted by molar-refractivity contribution is 5.79. The largest absolute Gasteiger partial charge is 0.342 e. The van der Waals surface area contributed by atoms with Crippen molar-refractivity contribution >= 4 is 11.0 Å². The maximum atomic E-state index is 4.76. The molecular formula is C14H18N2. The molecule has 0 radical (unpaired) electrons. The van der Waals surface area contributed by atoms with Gasteiger partial charge in [-0.2, -0.15) is 0 Å². The van der Waals surface area contributed by atoms with Gasteiger partial charge >= 0.3 is 0 Å². The first-order chi connectivity index (χ1) is 7.47. The molecule has 1 aromatic carbocycles. The Hall–Kier alpha value is -1.31. The summed E-state index contributed by atoms with van der Waals surface area (Å²) < 4.78 is 0. The molecule has 2 aromatic rings. The molecule has 0 amide bonds. The van der Waals surface area contributed by atoms with Gasteiger partial charge in [-0.3, -0.25) is 0 Å². The van der Waals surface area contributed by atoms with E-state index in [2.05, 4.69) is 44.8 Å². The predicted octanol–water partition coefficient (Wildman–Crippen LogP) is 3.69. The monoisotopic (exact) mass is 214 g/mol. The van der Waals surface area contributed by atoms with Crippen molar-refractivity contribution in [3.63, 3.8) is 0 Å². The lowest BCUT2D eigenvalue weighted by molar-refractivity contribution is 0.611. The van der Waals surface area contributed by atoms with E-state index in [-0.39, 0.29) is 0 Å². The van der Waals surface area contributed by atoms with E-state index in [1.807, 2.05) is 0 Å². The Morgan fingerprint density at radius 3 is 2.62 bits per heavy atom. The molecule has 0 saturated heterocycles. The van der Waals surface area contributed by atoms with Crippen LogP contribution in [-0.2, 0) is 0 Å². The van der Waals surface area contributed by atoms with Crippen molar-refractivity contribution in [2.24, 2.45) is 5.41 Å². The third kappa shape index (κ3) is 1.36. The van der Waals surface area contributed by atoms with Gasteiger partial charge in [0.1, 0.15) is 5.82 Å². The highest BCUT2D eigenvalue weighted by atomic mass is 14.9. The van der Waals surface area contributed by atoms with Crippen LogP contribution in [-0.4, -0.2) is 9.97 Å². The molecule has 2 nitrogen and oxygen atoms in total. The minimum Gasteiger partial charge on any atom is -0.342 e. The van der Waals surface area contributed by atoms with Crippen LogP contribution in [0.1, 0.15) is 43.1 Å². The molecule has 16 heavy (non-hydrogen) atoms. The first-order valence-corrected chi connectivity index (χ1v) is 5.94. The summed E-state index contributed by atoms with van der Waals surface area (Å²) in [6.45, 7) is 8.89. The minimum absolute atomic E-state index is 0.441. The van der Waals surface area contributed by atoms with Crippen LogP contribution in [0.15, 0.2) is 12.1 Å². The lowest BCUT2D eigenvalue weighted by Gasteiger charge is -1.97. The molecule has 3 rings (SSSR count). The van der Waals surface area contributed by atoms with Crippen molar-refractivity contribution in [1.29, 1.82) is 0 Å². The third-order valence-corrected chi connectivity index (χ3v) is 3.78. The minimum atomic E-state index is 0.441. The second kappa shape index (κ2) is 2.88. The summed E-state index contributed by atoms with van der Waals surface area (Å²) in [7, 11) is 0. The number of nitrogens with zero attached hydrogens (tertiary/aromatic N) is 1. The number of aryl methyl sites for hydroxylation is 2. The van der Waals surface area contributed by atoms with Crippen LogP contribution >= 0.6 is 0 Å². The summed E-state index contributed by atoms with van der Waals surface area (Å²) in [6.07, 6.45) is 1.25. The van der Waals surface area contributed by atoms with Gasteiger partial charge in [-0.1, -0.05) is 19.9 Å². The topological polar surface area (TPSA) is 28.7 Å². The first-order valence-electron chi connectivity index (χ1n) is 5.94. The molecule has 1 N–H and O–H groups in total. The number of imidazole rings is 1. The van der Waals surface area contributed by atoms with Gasteiger partial charge in [-0.15, -0.1) is 0 Å². The number of rotatable bonds is 1. The zero-order chi connectivity index (χ0) is 11.5. The van der Waals surface area contributed by atoms with Gasteiger partial charge < -0.3 is 4.98 Å². The SMILES string of the molecule is Cc1cc(C)c2nc(C3CC3(C)C)[nH]c2c1. The average molecular weight is 214 g/mol. The van der Waals surface area contributed by atoms with Crippen molar-refractivity contribution in [3.8, 4) is 0 Å². The molecule has 0 bridgehead atoms. The van der Waals surface area contributed by atoms with Crippen LogP contribution in [0.25, 0.3) is 11.0 Å². The molecule has 1 aromatic heterocycles. The van der Waals surface area contributed by atoms with E-state index in [4.69, 9.17) is 4.98 Å². The van der Waals surface area contributed by atoms with E-state index in [0.29, 0.717) is 11.3 Å². The zero-order valence-electron chi connectivity index (χ0n) is 10.4. The summed E-state index contributed by atoms with van der Waals surface area (Å²) in [4.78, 5) is 8.24. The second-order valence-electron chi connectivity index (χ2n) is 5.85. The number of nitrogens with one attached hydrogen (secondary N) is 1. The normalized spacial score (nSPS) is 22.6. The quantitative estimate of drug-likeness (QED) is 0.770. The molecule has 1 fully saturated rings. The maximum absolute atomic E-state index is 4.76. The van der Waals surface area contributed by atoms with Crippen LogP contribution in [0.2, 0.25) is 0 Å². The number of aromatic amines is 1. The number of fused-ring (bicyclic) bond motifs is 1. The van der Waals surface area contributed by atoms with E-state index < -0.39 is 0 Å². The molecule has 84 valence electrons. The Morgan fingerprint density at radius 1 is 1.31 bits per heavy atom. The average Bonchev–Trinajstić information content (AvgIpc) is 2.64. The Balaban J connectivity index is 2.13. The Kier molecular flexibility index (Phi) is 1.78. The van der Waals surface area contributed by atoms with Crippen LogP contribution in [0.3, 0.4) is 0 Å². The fraction of sp³-hybridized carbons (Fsp3) is 0.500. The molecule has 1 unspecified atom stereocenters. The van der Waals surface area contributed by atoms with Gasteiger partial charge in [-0.25, -0.2) is 4.98 Å². The summed E-state index contributed by atoms with van der Waals surface area (Å²) >= 11 is 0. The number of H-pyrrole nitrogens is 1. The Labute approximate surface area is 96.1 Å². The predicted molar refractivity (Wildman–Crippen MR) is 66.7 cm³/mol. The smallest absolute Gasteiger partial charge is 0.110 e. The maximum Gasteiger partial charge on any atom is 0.110 e. The number of hydrogen-bond acceptors (Lipinski definition) is 1. The fourth-order valence-electron chi connectivity index (χ4n) is 2.59. The van der Waals surface area contributed by atoms with Gasteiger partial charge in [0, 0.05) is 5.92 Å². The van der Waals surface area contributed by atoms with Crippen LogP contribution in [0.4, 0.5) is 0 Å². The van der Waals surface area contributed by atoms with E-state index in [0.717, 1.165) is 5.52 Å². The first kappa shape index (κ1) is 9.88. The van der Waals surface area contributed by atoms with Crippen LogP contribution in [0, 0.1) is 19.3 Å². The highest BCUT2D eigenvalue weighted by Crippen LogP contribution is 2.57. The van der Waals surface area contributed by atoms with Crippen molar-refractivity contribution in [1.82, 2.24) is 9.97 Å². The molecule has 1 heterocycles. The lowest BCUT2D eigenvalue weighted by Crippen LogP contribution is -1.91. The van der Waals surface area contributed by atoms with Gasteiger partial charge in [0.25, 0.3) is 0 Å². The highest BCUT2D eigenvalue weighted by Gasteiger charge is 2.48. The number of aromatic nitrogens is 2. The molecule has 0 spiro atoms. The van der Waals surface area contributed by atoms with Gasteiger partial charge in [-0.05, 0) is 42.9 Å². The fourth-order valence-corrected chi connectivity index (χ4v) is 2.59. The van der Waals surface area contributed by atoms with Crippen molar-refractivity contribution in [2.75, 3.05) is 0 Å².